The highest BCUT2D eigenvalue weighted by atomic mass is 16.1. The predicted molar refractivity (Wildman–Crippen MR) is 105 cm³/mol. The van der Waals surface area contributed by atoms with Crippen LogP contribution in [0.15, 0.2) is 42.5 Å². The highest BCUT2D eigenvalue weighted by molar-refractivity contribution is 6.06. The van der Waals surface area contributed by atoms with Crippen molar-refractivity contribution < 1.29 is 4.79 Å². The number of nitrogen functional groups attached to an aromatic ring is 1. The van der Waals surface area contributed by atoms with Gasteiger partial charge in [-0.05, 0) is 55.0 Å². The fraction of sp³-hybridized carbons (Fsp3) is 0.381. The van der Waals surface area contributed by atoms with Crippen molar-refractivity contribution in [1.29, 1.82) is 0 Å². The second-order valence-electron chi connectivity index (χ2n) is 7.40. The molecular formula is C21H27N3O. The van der Waals surface area contributed by atoms with Crippen molar-refractivity contribution in [3.8, 4) is 0 Å². The van der Waals surface area contributed by atoms with Crippen LogP contribution in [-0.4, -0.2) is 19.0 Å². The zero-order valence-corrected chi connectivity index (χ0v) is 15.3. The quantitative estimate of drug-likeness (QED) is 0.821. The van der Waals surface area contributed by atoms with Gasteiger partial charge in [0, 0.05) is 24.3 Å². The van der Waals surface area contributed by atoms with Crippen LogP contribution < -0.4 is 16.0 Å². The lowest BCUT2D eigenvalue weighted by Gasteiger charge is -2.37. The maximum absolute atomic E-state index is 12.5. The molecule has 4 nitrogen and oxygen atoms in total. The molecule has 0 spiro atoms. The van der Waals surface area contributed by atoms with Gasteiger partial charge in [0.25, 0.3) is 5.91 Å². The molecule has 0 aliphatic carbocycles. The molecule has 25 heavy (non-hydrogen) atoms. The van der Waals surface area contributed by atoms with Gasteiger partial charge in [0.05, 0.1) is 11.4 Å². The minimum atomic E-state index is -0.137. The Balaban J connectivity index is 1.87. The van der Waals surface area contributed by atoms with Crippen molar-refractivity contribution in [2.45, 2.75) is 27.2 Å². The van der Waals surface area contributed by atoms with Gasteiger partial charge in [-0.15, -0.1) is 0 Å². The summed E-state index contributed by atoms with van der Waals surface area (Å²) in [5, 5.41) is 2.97. The highest BCUT2D eigenvalue weighted by Crippen LogP contribution is 2.33. The normalized spacial score (nSPS) is 20.4. The lowest BCUT2D eigenvalue weighted by Crippen LogP contribution is -2.39. The van der Waals surface area contributed by atoms with Gasteiger partial charge in [-0.2, -0.15) is 0 Å². The van der Waals surface area contributed by atoms with Gasteiger partial charge < -0.3 is 16.0 Å². The fourth-order valence-electron chi connectivity index (χ4n) is 3.81. The van der Waals surface area contributed by atoms with E-state index in [-0.39, 0.29) is 5.91 Å². The summed E-state index contributed by atoms with van der Waals surface area (Å²) in [6.07, 6.45) is 1.27. The summed E-state index contributed by atoms with van der Waals surface area (Å²) in [7, 11) is 0. The largest absolute Gasteiger partial charge is 0.397 e. The maximum Gasteiger partial charge on any atom is 0.255 e. The summed E-state index contributed by atoms with van der Waals surface area (Å²) in [5.74, 6) is 1.20. The maximum atomic E-state index is 12.5. The minimum Gasteiger partial charge on any atom is -0.397 e. The van der Waals surface area contributed by atoms with Crippen LogP contribution in [0.2, 0.25) is 0 Å². The summed E-state index contributed by atoms with van der Waals surface area (Å²) < 4.78 is 0. The molecule has 0 radical (unpaired) electrons. The van der Waals surface area contributed by atoms with Crippen molar-refractivity contribution in [1.82, 2.24) is 0 Å². The van der Waals surface area contributed by atoms with Gasteiger partial charge in [-0.3, -0.25) is 4.79 Å². The molecule has 1 heterocycles. The number of hydrogen-bond acceptors (Lipinski definition) is 3. The number of carbonyl (C=O) groups is 1. The van der Waals surface area contributed by atoms with E-state index in [1.807, 2.05) is 30.3 Å². The summed E-state index contributed by atoms with van der Waals surface area (Å²) in [4.78, 5) is 14.9. The first-order chi connectivity index (χ1) is 11.9. The Hall–Kier alpha value is -2.49. The molecule has 2 aromatic carbocycles. The zero-order chi connectivity index (χ0) is 18.0. The van der Waals surface area contributed by atoms with Crippen molar-refractivity contribution in [2.75, 3.05) is 29.0 Å². The smallest absolute Gasteiger partial charge is 0.255 e. The second-order valence-corrected chi connectivity index (χ2v) is 7.40. The summed E-state index contributed by atoms with van der Waals surface area (Å²) in [6.45, 7) is 8.77. The van der Waals surface area contributed by atoms with Gasteiger partial charge in [-0.25, -0.2) is 0 Å². The van der Waals surface area contributed by atoms with E-state index < -0.39 is 0 Å². The lowest BCUT2D eigenvalue weighted by molar-refractivity contribution is 0.102. The fourth-order valence-corrected chi connectivity index (χ4v) is 3.81. The first-order valence-corrected chi connectivity index (χ1v) is 8.95. The van der Waals surface area contributed by atoms with Crippen LogP contribution in [0.4, 0.5) is 17.1 Å². The Morgan fingerprint density at radius 1 is 1.12 bits per heavy atom. The van der Waals surface area contributed by atoms with Crippen LogP contribution in [0.25, 0.3) is 0 Å². The Morgan fingerprint density at radius 2 is 1.76 bits per heavy atom. The molecule has 3 N–H and O–H groups in total. The topological polar surface area (TPSA) is 58.4 Å². The molecule has 0 aromatic heterocycles. The molecule has 0 unspecified atom stereocenters. The van der Waals surface area contributed by atoms with Crippen molar-refractivity contribution in [2.24, 2.45) is 11.8 Å². The van der Waals surface area contributed by atoms with Crippen LogP contribution in [0.3, 0.4) is 0 Å². The van der Waals surface area contributed by atoms with Gasteiger partial charge >= 0.3 is 0 Å². The van der Waals surface area contributed by atoms with E-state index in [2.05, 4.69) is 31.0 Å². The van der Waals surface area contributed by atoms with E-state index in [4.69, 9.17) is 5.73 Å². The van der Waals surface area contributed by atoms with E-state index in [9.17, 15) is 4.79 Å². The molecule has 1 saturated heterocycles. The standard InChI is InChI=1S/C21H27N3O/c1-14-9-15(2)13-24(12-14)20-11-19(18(22)10-16(20)3)23-21(25)17-7-5-4-6-8-17/h4-8,10-11,14-15H,9,12-13,22H2,1-3H3,(H,23,25)/t14-,15-/m1/s1. The number of carbonyl (C=O) groups excluding carboxylic acids is 1. The molecule has 2 atom stereocenters. The predicted octanol–water partition coefficient (Wildman–Crippen LogP) is 4.31. The average molecular weight is 337 g/mol. The van der Waals surface area contributed by atoms with Crippen molar-refractivity contribution in [3.63, 3.8) is 0 Å². The lowest BCUT2D eigenvalue weighted by atomic mass is 9.91. The van der Waals surface area contributed by atoms with E-state index in [0.29, 0.717) is 28.8 Å². The van der Waals surface area contributed by atoms with Crippen molar-refractivity contribution in [3.05, 3.63) is 53.6 Å². The van der Waals surface area contributed by atoms with E-state index in [1.165, 1.54) is 6.42 Å². The first kappa shape index (κ1) is 17.3. The number of hydrogen-bond donors (Lipinski definition) is 2. The molecule has 1 amide bonds. The van der Waals surface area contributed by atoms with Crippen molar-refractivity contribution >= 4 is 23.0 Å². The molecular weight excluding hydrogens is 310 g/mol. The number of amides is 1. The monoisotopic (exact) mass is 337 g/mol. The van der Waals surface area contributed by atoms with Crippen LogP contribution in [-0.2, 0) is 0 Å². The third-order valence-electron chi connectivity index (χ3n) is 4.86. The van der Waals surface area contributed by atoms with Gasteiger partial charge in [0.15, 0.2) is 0 Å². The minimum absolute atomic E-state index is 0.137. The molecule has 0 saturated carbocycles. The average Bonchev–Trinajstić information content (AvgIpc) is 2.57. The van der Waals surface area contributed by atoms with E-state index >= 15 is 0 Å². The first-order valence-electron chi connectivity index (χ1n) is 8.95. The molecule has 1 fully saturated rings. The molecule has 0 bridgehead atoms. The Labute approximate surface area is 150 Å². The highest BCUT2D eigenvalue weighted by Gasteiger charge is 2.23. The number of nitrogens with zero attached hydrogens (tertiary/aromatic N) is 1. The van der Waals surface area contributed by atoms with Gasteiger partial charge in [0.1, 0.15) is 0 Å². The van der Waals surface area contributed by atoms with Crippen LogP contribution in [0.5, 0.6) is 0 Å². The molecule has 1 aliphatic heterocycles. The Bertz CT molecular complexity index is 747. The number of piperidine rings is 1. The number of rotatable bonds is 3. The van der Waals surface area contributed by atoms with Crippen LogP contribution in [0.1, 0.15) is 36.2 Å². The third kappa shape index (κ3) is 3.95. The molecule has 2 aromatic rings. The van der Waals surface area contributed by atoms with Crippen LogP contribution in [0, 0.1) is 18.8 Å². The van der Waals surface area contributed by atoms with Crippen LogP contribution >= 0.6 is 0 Å². The summed E-state index contributed by atoms with van der Waals surface area (Å²) in [5.41, 5.74) is 10.4. The van der Waals surface area contributed by atoms with Gasteiger partial charge in [0.2, 0.25) is 0 Å². The summed E-state index contributed by atoms with van der Waals surface area (Å²) in [6, 6.07) is 13.2. The number of benzene rings is 2. The SMILES string of the molecule is Cc1cc(N)c(NC(=O)c2ccccc2)cc1N1C[C@H](C)C[C@@H](C)C1. The zero-order valence-electron chi connectivity index (χ0n) is 15.3. The second kappa shape index (κ2) is 7.18. The van der Waals surface area contributed by atoms with Gasteiger partial charge in [-0.1, -0.05) is 32.0 Å². The summed E-state index contributed by atoms with van der Waals surface area (Å²) >= 11 is 0. The number of aryl methyl sites for hydroxylation is 1. The third-order valence-corrected chi connectivity index (χ3v) is 4.86. The molecule has 1 aliphatic rings. The number of nitrogens with one attached hydrogen (secondary N) is 1. The molecule has 132 valence electrons. The number of nitrogens with two attached hydrogens (primary N) is 1. The number of anilines is 3. The van der Waals surface area contributed by atoms with E-state index in [1.54, 1.807) is 12.1 Å². The molecule has 3 rings (SSSR count). The Morgan fingerprint density at radius 3 is 2.40 bits per heavy atom. The van der Waals surface area contributed by atoms with E-state index in [0.717, 1.165) is 24.3 Å². The molecule has 4 heteroatoms. The Kier molecular flexibility index (Phi) is 4.98.